The summed E-state index contributed by atoms with van der Waals surface area (Å²) in [6.07, 6.45) is 1.87. The van der Waals surface area contributed by atoms with Crippen molar-refractivity contribution in [2.45, 2.75) is 26.3 Å². The van der Waals surface area contributed by atoms with Crippen LogP contribution >= 0.6 is 0 Å². The molecule has 3 nitrogen and oxygen atoms in total. The van der Waals surface area contributed by atoms with Crippen LogP contribution in [-0.4, -0.2) is 16.2 Å². The van der Waals surface area contributed by atoms with Crippen molar-refractivity contribution >= 4 is 11.0 Å². The molecule has 0 saturated heterocycles. The first-order valence-corrected chi connectivity index (χ1v) is 7.36. The molecule has 2 aromatic carbocycles. The zero-order valence-corrected chi connectivity index (χ0v) is 12.5. The van der Waals surface area contributed by atoms with Crippen LogP contribution in [0.1, 0.15) is 25.3 Å². The number of para-hydroxylation sites is 2. The lowest BCUT2D eigenvalue weighted by molar-refractivity contribution is 0.300. The van der Waals surface area contributed by atoms with Gasteiger partial charge in [-0.15, -0.1) is 0 Å². The Bertz CT molecular complexity index is 713. The van der Waals surface area contributed by atoms with E-state index in [0.29, 0.717) is 12.5 Å². The number of fused-ring (bicyclic) bond motifs is 1. The van der Waals surface area contributed by atoms with Crippen LogP contribution in [-0.2, 0) is 6.54 Å². The van der Waals surface area contributed by atoms with Gasteiger partial charge in [0, 0.05) is 0 Å². The molecule has 0 saturated carbocycles. The van der Waals surface area contributed by atoms with E-state index in [9.17, 15) is 0 Å². The van der Waals surface area contributed by atoms with Crippen molar-refractivity contribution in [1.29, 1.82) is 0 Å². The molecule has 0 atom stereocenters. The first kappa shape index (κ1) is 13.7. The SMILES string of the molecule is CC(C)c1ccc(OCCn2cnc3ccccc32)cc1. The molecule has 3 aromatic rings. The van der Waals surface area contributed by atoms with Crippen molar-refractivity contribution < 1.29 is 4.74 Å². The normalized spacial score (nSPS) is 11.2. The highest BCUT2D eigenvalue weighted by Gasteiger charge is 2.02. The molecule has 1 heterocycles. The summed E-state index contributed by atoms with van der Waals surface area (Å²) in [5.74, 6) is 1.47. The van der Waals surface area contributed by atoms with Crippen LogP contribution in [0, 0.1) is 0 Å². The predicted molar refractivity (Wildman–Crippen MR) is 85.8 cm³/mol. The van der Waals surface area contributed by atoms with Crippen LogP contribution in [0.15, 0.2) is 54.9 Å². The van der Waals surface area contributed by atoms with Gasteiger partial charge in [0.25, 0.3) is 0 Å². The molecular weight excluding hydrogens is 260 g/mol. The van der Waals surface area contributed by atoms with Gasteiger partial charge in [0.1, 0.15) is 12.4 Å². The molecule has 0 N–H and O–H groups in total. The van der Waals surface area contributed by atoms with E-state index >= 15 is 0 Å². The zero-order valence-electron chi connectivity index (χ0n) is 12.5. The van der Waals surface area contributed by atoms with E-state index in [1.165, 1.54) is 5.56 Å². The van der Waals surface area contributed by atoms with Crippen LogP contribution < -0.4 is 4.74 Å². The standard InChI is InChI=1S/C18H20N2O/c1-14(2)15-7-9-16(10-8-15)21-12-11-20-13-19-17-5-3-4-6-18(17)20/h3-10,13-14H,11-12H2,1-2H3. The lowest BCUT2D eigenvalue weighted by Gasteiger charge is -2.09. The molecule has 0 aliphatic carbocycles. The van der Waals surface area contributed by atoms with Gasteiger partial charge in [-0.2, -0.15) is 0 Å². The number of ether oxygens (including phenoxy) is 1. The smallest absolute Gasteiger partial charge is 0.119 e. The van der Waals surface area contributed by atoms with E-state index in [1.807, 2.05) is 36.7 Å². The minimum Gasteiger partial charge on any atom is -0.492 e. The minimum absolute atomic E-state index is 0.552. The fourth-order valence-electron chi connectivity index (χ4n) is 2.40. The maximum absolute atomic E-state index is 5.81. The van der Waals surface area contributed by atoms with Gasteiger partial charge in [-0.25, -0.2) is 4.98 Å². The first-order chi connectivity index (χ1) is 10.2. The van der Waals surface area contributed by atoms with Crippen molar-refractivity contribution in [3.05, 3.63) is 60.4 Å². The maximum atomic E-state index is 5.81. The second-order valence-corrected chi connectivity index (χ2v) is 5.50. The van der Waals surface area contributed by atoms with E-state index < -0.39 is 0 Å². The number of hydrogen-bond acceptors (Lipinski definition) is 2. The molecule has 0 radical (unpaired) electrons. The highest BCUT2D eigenvalue weighted by Crippen LogP contribution is 2.18. The number of imidazole rings is 1. The fourth-order valence-corrected chi connectivity index (χ4v) is 2.40. The molecule has 3 heteroatoms. The molecule has 0 spiro atoms. The molecule has 0 aliphatic heterocycles. The third kappa shape index (κ3) is 3.07. The molecule has 21 heavy (non-hydrogen) atoms. The quantitative estimate of drug-likeness (QED) is 0.699. The summed E-state index contributed by atoms with van der Waals surface area (Å²) in [6.45, 7) is 5.83. The van der Waals surface area contributed by atoms with E-state index in [1.54, 1.807) is 0 Å². The molecular formula is C18H20N2O. The molecule has 108 valence electrons. The van der Waals surface area contributed by atoms with Gasteiger partial charge in [0.15, 0.2) is 0 Å². The summed E-state index contributed by atoms with van der Waals surface area (Å²) >= 11 is 0. The number of rotatable bonds is 5. The van der Waals surface area contributed by atoms with Crippen molar-refractivity contribution in [3.63, 3.8) is 0 Å². The Morgan fingerprint density at radius 3 is 2.57 bits per heavy atom. The second kappa shape index (κ2) is 6.00. The summed E-state index contributed by atoms with van der Waals surface area (Å²) in [5, 5.41) is 0. The fraction of sp³-hybridized carbons (Fsp3) is 0.278. The topological polar surface area (TPSA) is 27.1 Å². The molecule has 0 fully saturated rings. The Balaban J connectivity index is 1.61. The third-order valence-electron chi connectivity index (χ3n) is 3.68. The van der Waals surface area contributed by atoms with Crippen LogP contribution in [0.4, 0.5) is 0 Å². The Labute approximate surface area is 125 Å². The van der Waals surface area contributed by atoms with Crippen molar-refractivity contribution in [3.8, 4) is 5.75 Å². The van der Waals surface area contributed by atoms with Gasteiger partial charge >= 0.3 is 0 Å². The number of benzene rings is 2. The van der Waals surface area contributed by atoms with Gasteiger partial charge < -0.3 is 9.30 Å². The third-order valence-corrected chi connectivity index (χ3v) is 3.68. The van der Waals surface area contributed by atoms with Gasteiger partial charge in [0.2, 0.25) is 0 Å². The molecule has 0 amide bonds. The van der Waals surface area contributed by atoms with E-state index in [2.05, 4.69) is 41.6 Å². The monoisotopic (exact) mass is 280 g/mol. The number of hydrogen-bond donors (Lipinski definition) is 0. The Morgan fingerprint density at radius 1 is 1.05 bits per heavy atom. The van der Waals surface area contributed by atoms with Crippen LogP contribution in [0.5, 0.6) is 5.75 Å². The van der Waals surface area contributed by atoms with E-state index in [-0.39, 0.29) is 0 Å². The average molecular weight is 280 g/mol. The van der Waals surface area contributed by atoms with Gasteiger partial charge in [-0.1, -0.05) is 38.1 Å². The Morgan fingerprint density at radius 2 is 1.81 bits per heavy atom. The second-order valence-electron chi connectivity index (χ2n) is 5.50. The molecule has 0 bridgehead atoms. The van der Waals surface area contributed by atoms with Crippen molar-refractivity contribution in [2.75, 3.05) is 6.61 Å². The van der Waals surface area contributed by atoms with Crippen LogP contribution in [0.2, 0.25) is 0 Å². The highest BCUT2D eigenvalue weighted by molar-refractivity contribution is 5.74. The summed E-state index contributed by atoms with van der Waals surface area (Å²) in [4.78, 5) is 4.38. The molecule has 0 aliphatic rings. The van der Waals surface area contributed by atoms with Crippen molar-refractivity contribution in [1.82, 2.24) is 9.55 Å². The zero-order chi connectivity index (χ0) is 14.7. The van der Waals surface area contributed by atoms with E-state index in [0.717, 1.165) is 23.3 Å². The van der Waals surface area contributed by atoms with Crippen molar-refractivity contribution in [2.24, 2.45) is 0 Å². The molecule has 1 aromatic heterocycles. The van der Waals surface area contributed by atoms with E-state index in [4.69, 9.17) is 4.74 Å². The summed E-state index contributed by atoms with van der Waals surface area (Å²) < 4.78 is 7.94. The summed E-state index contributed by atoms with van der Waals surface area (Å²) in [6, 6.07) is 16.5. The lowest BCUT2D eigenvalue weighted by atomic mass is 10.0. The minimum atomic E-state index is 0.552. The predicted octanol–water partition coefficient (Wildman–Crippen LogP) is 4.24. The largest absolute Gasteiger partial charge is 0.492 e. The Hall–Kier alpha value is -2.29. The van der Waals surface area contributed by atoms with Gasteiger partial charge in [-0.05, 0) is 35.7 Å². The molecule has 0 unspecified atom stereocenters. The first-order valence-electron chi connectivity index (χ1n) is 7.36. The Kier molecular flexibility index (Phi) is 3.91. The van der Waals surface area contributed by atoms with Gasteiger partial charge in [-0.3, -0.25) is 0 Å². The summed E-state index contributed by atoms with van der Waals surface area (Å²) in [7, 11) is 0. The highest BCUT2D eigenvalue weighted by atomic mass is 16.5. The maximum Gasteiger partial charge on any atom is 0.119 e. The number of aromatic nitrogens is 2. The van der Waals surface area contributed by atoms with Gasteiger partial charge in [0.05, 0.1) is 23.9 Å². The summed E-state index contributed by atoms with van der Waals surface area (Å²) in [5.41, 5.74) is 3.51. The molecule has 3 rings (SSSR count). The van der Waals surface area contributed by atoms with Crippen LogP contribution in [0.25, 0.3) is 11.0 Å². The average Bonchev–Trinajstić information content (AvgIpc) is 2.91. The lowest BCUT2D eigenvalue weighted by Crippen LogP contribution is -2.07. The van der Waals surface area contributed by atoms with Crippen LogP contribution in [0.3, 0.4) is 0 Å². The number of nitrogens with zero attached hydrogens (tertiary/aromatic N) is 2.